The molecule has 2 aromatic rings. The zero-order chi connectivity index (χ0) is 22.1. The summed E-state index contributed by atoms with van der Waals surface area (Å²) in [4.78, 5) is 33.6. The molecule has 10 heteroatoms. The highest BCUT2D eigenvalue weighted by molar-refractivity contribution is 7.98. The monoisotopic (exact) mass is 452 g/mol. The summed E-state index contributed by atoms with van der Waals surface area (Å²) in [5.74, 6) is -0.919. The van der Waals surface area contributed by atoms with E-state index in [1.807, 2.05) is 24.3 Å². The van der Waals surface area contributed by atoms with Crippen LogP contribution in [0.15, 0.2) is 29.4 Å². The fraction of sp³-hybridized carbons (Fsp3) is 0.400. The molecule has 8 nitrogen and oxygen atoms in total. The van der Waals surface area contributed by atoms with Crippen LogP contribution in [0.5, 0.6) is 5.75 Å². The van der Waals surface area contributed by atoms with Gasteiger partial charge in [0.25, 0.3) is 0 Å². The van der Waals surface area contributed by atoms with Crippen LogP contribution in [0.1, 0.15) is 35.7 Å². The summed E-state index contributed by atoms with van der Waals surface area (Å²) < 4.78 is 10.1. The molecule has 0 bridgehead atoms. The third-order valence-electron chi connectivity index (χ3n) is 4.16. The predicted molar refractivity (Wildman–Crippen MR) is 113 cm³/mol. The number of esters is 1. The van der Waals surface area contributed by atoms with Crippen LogP contribution in [0, 0.1) is 0 Å². The van der Waals surface area contributed by atoms with Crippen molar-refractivity contribution in [1.29, 1.82) is 0 Å². The number of aromatic nitrogens is 2. The molecule has 0 saturated heterocycles. The maximum atomic E-state index is 11.8. The first-order valence-electron chi connectivity index (χ1n) is 9.25. The number of benzene rings is 1. The number of anilines is 1. The number of aromatic carboxylic acids is 1. The summed E-state index contributed by atoms with van der Waals surface area (Å²) in [6.45, 7) is 2.75. The van der Waals surface area contributed by atoms with Crippen LogP contribution >= 0.6 is 23.4 Å². The number of halogens is 1. The number of carbonyl (C=O) groups excluding carboxylic acids is 2. The second-order valence-corrected chi connectivity index (χ2v) is 7.30. The number of hydrogen-bond acceptors (Lipinski definition) is 9. The number of thioether (sulfide) groups is 1. The fourth-order valence-electron chi connectivity index (χ4n) is 2.76. The summed E-state index contributed by atoms with van der Waals surface area (Å²) in [6, 6.07) is 7.36. The SMILES string of the molecule is CCOC(=O)CCCN(Cc1ccc(OC)cc1)c1nc(SC)nc(Cl)c1C(=O)[O-]. The maximum Gasteiger partial charge on any atom is 0.305 e. The molecule has 0 aliphatic rings. The molecule has 0 amide bonds. The largest absolute Gasteiger partial charge is 0.545 e. The van der Waals surface area contributed by atoms with E-state index in [0.29, 0.717) is 37.0 Å². The number of nitrogens with zero attached hydrogens (tertiary/aromatic N) is 3. The highest BCUT2D eigenvalue weighted by Crippen LogP contribution is 2.28. The first-order chi connectivity index (χ1) is 14.4. The van der Waals surface area contributed by atoms with Gasteiger partial charge in [-0.1, -0.05) is 35.5 Å². The number of carboxylic acid groups (broad SMARTS) is 1. The van der Waals surface area contributed by atoms with Gasteiger partial charge in [0.2, 0.25) is 0 Å². The van der Waals surface area contributed by atoms with Crippen molar-refractivity contribution in [3.05, 3.63) is 40.5 Å². The Kier molecular flexibility index (Phi) is 9.19. The lowest BCUT2D eigenvalue weighted by Gasteiger charge is -2.27. The predicted octanol–water partition coefficient (Wildman–Crippen LogP) is 2.57. The number of carbonyl (C=O) groups is 2. The smallest absolute Gasteiger partial charge is 0.305 e. The molecule has 0 spiro atoms. The number of ether oxygens (including phenoxy) is 2. The average Bonchev–Trinajstić information content (AvgIpc) is 2.72. The molecule has 0 unspecified atom stereocenters. The lowest BCUT2D eigenvalue weighted by molar-refractivity contribution is -0.255. The van der Waals surface area contributed by atoms with E-state index in [4.69, 9.17) is 21.1 Å². The molecule has 0 fully saturated rings. The van der Waals surface area contributed by atoms with Crippen molar-refractivity contribution in [1.82, 2.24) is 9.97 Å². The van der Waals surface area contributed by atoms with Gasteiger partial charge in [-0.05, 0) is 37.3 Å². The van der Waals surface area contributed by atoms with Crippen molar-refractivity contribution in [2.24, 2.45) is 0 Å². The van der Waals surface area contributed by atoms with Crippen LogP contribution in [-0.4, -0.2) is 48.4 Å². The lowest BCUT2D eigenvalue weighted by Crippen LogP contribution is -2.32. The maximum absolute atomic E-state index is 11.8. The van der Waals surface area contributed by atoms with Crippen molar-refractivity contribution in [3.8, 4) is 5.75 Å². The molecule has 1 aromatic heterocycles. The second-order valence-electron chi connectivity index (χ2n) is 6.17. The zero-order valence-corrected chi connectivity index (χ0v) is 18.6. The van der Waals surface area contributed by atoms with Gasteiger partial charge in [0.1, 0.15) is 16.7 Å². The van der Waals surface area contributed by atoms with Gasteiger partial charge in [0.15, 0.2) is 5.16 Å². The van der Waals surface area contributed by atoms with Crippen molar-refractivity contribution >= 4 is 41.1 Å². The van der Waals surface area contributed by atoms with E-state index in [1.54, 1.807) is 25.2 Å². The molecule has 162 valence electrons. The van der Waals surface area contributed by atoms with E-state index in [9.17, 15) is 14.7 Å². The molecule has 0 aliphatic carbocycles. The van der Waals surface area contributed by atoms with Crippen molar-refractivity contribution in [2.45, 2.75) is 31.5 Å². The van der Waals surface area contributed by atoms with Crippen LogP contribution in [0.4, 0.5) is 5.82 Å². The first kappa shape index (κ1) is 23.8. The quantitative estimate of drug-likeness (QED) is 0.220. The minimum Gasteiger partial charge on any atom is -0.545 e. The molecule has 30 heavy (non-hydrogen) atoms. The Bertz CT molecular complexity index is 879. The molecule has 0 radical (unpaired) electrons. The molecule has 0 N–H and O–H groups in total. The average molecular weight is 453 g/mol. The zero-order valence-electron chi connectivity index (χ0n) is 17.0. The summed E-state index contributed by atoms with van der Waals surface area (Å²) in [5.41, 5.74) is 0.621. The number of hydrogen-bond donors (Lipinski definition) is 0. The third kappa shape index (κ3) is 6.50. The molecule has 2 rings (SSSR count). The van der Waals surface area contributed by atoms with Gasteiger partial charge >= 0.3 is 5.97 Å². The Hall–Kier alpha value is -2.52. The summed E-state index contributed by atoms with van der Waals surface area (Å²) in [5, 5.41) is 11.9. The van der Waals surface area contributed by atoms with Gasteiger partial charge in [-0.25, -0.2) is 9.97 Å². The van der Waals surface area contributed by atoms with E-state index in [2.05, 4.69) is 9.97 Å². The molecular formula is C20H23ClN3O5S-. The standard InChI is InChI=1S/C20H24ClN3O5S/c1-4-29-15(25)6-5-11-24(12-13-7-9-14(28-2)10-8-13)18-16(19(26)27)17(21)22-20(23-18)30-3/h7-10H,4-6,11-12H2,1-3H3,(H,26,27)/p-1. The molecule has 0 saturated carbocycles. The highest BCUT2D eigenvalue weighted by atomic mass is 35.5. The van der Waals surface area contributed by atoms with Gasteiger partial charge in [-0.2, -0.15) is 0 Å². The van der Waals surface area contributed by atoms with Gasteiger partial charge < -0.3 is 24.3 Å². The van der Waals surface area contributed by atoms with Gasteiger partial charge in [0, 0.05) is 19.5 Å². The molecule has 0 atom stereocenters. The van der Waals surface area contributed by atoms with Crippen LogP contribution in [0.25, 0.3) is 0 Å². The number of methoxy groups -OCH3 is 1. The molecule has 1 heterocycles. The Morgan fingerprint density at radius 2 is 1.93 bits per heavy atom. The van der Waals surface area contributed by atoms with Crippen LogP contribution in [0.3, 0.4) is 0 Å². The Balaban J connectivity index is 2.37. The molecule has 0 aliphatic heterocycles. The van der Waals surface area contributed by atoms with Crippen LogP contribution in [-0.2, 0) is 16.1 Å². The topological polar surface area (TPSA) is 105 Å². The minimum absolute atomic E-state index is 0.152. The van der Waals surface area contributed by atoms with Crippen LogP contribution in [0.2, 0.25) is 5.15 Å². The summed E-state index contributed by atoms with van der Waals surface area (Å²) in [6.07, 6.45) is 2.40. The Morgan fingerprint density at radius 1 is 1.23 bits per heavy atom. The summed E-state index contributed by atoms with van der Waals surface area (Å²) >= 11 is 7.36. The minimum atomic E-state index is -1.47. The normalized spacial score (nSPS) is 10.5. The highest BCUT2D eigenvalue weighted by Gasteiger charge is 2.20. The second kappa shape index (κ2) is 11.6. The lowest BCUT2D eigenvalue weighted by atomic mass is 10.1. The van der Waals surface area contributed by atoms with Crippen LogP contribution < -0.4 is 14.7 Å². The molecule has 1 aromatic carbocycles. The Morgan fingerprint density at radius 3 is 2.50 bits per heavy atom. The Labute approximate surface area is 184 Å². The third-order valence-corrected chi connectivity index (χ3v) is 4.98. The van der Waals surface area contributed by atoms with Crippen molar-refractivity contribution in [3.63, 3.8) is 0 Å². The van der Waals surface area contributed by atoms with E-state index >= 15 is 0 Å². The van der Waals surface area contributed by atoms with E-state index in [0.717, 1.165) is 5.56 Å². The van der Waals surface area contributed by atoms with Gasteiger partial charge in [-0.3, -0.25) is 4.79 Å². The van der Waals surface area contributed by atoms with Crippen molar-refractivity contribution < 1.29 is 24.2 Å². The fourth-order valence-corrected chi connectivity index (χ4v) is 3.41. The van der Waals surface area contributed by atoms with E-state index < -0.39 is 5.97 Å². The van der Waals surface area contributed by atoms with Crippen molar-refractivity contribution in [2.75, 3.05) is 31.4 Å². The van der Waals surface area contributed by atoms with E-state index in [-0.39, 0.29) is 28.9 Å². The van der Waals surface area contributed by atoms with Gasteiger partial charge in [0.05, 0.1) is 25.2 Å². The summed E-state index contributed by atoms with van der Waals surface area (Å²) in [7, 11) is 1.58. The molecular weight excluding hydrogens is 430 g/mol. The number of carboxylic acids is 1. The first-order valence-corrected chi connectivity index (χ1v) is 10.9. The number of rotatable bonds is 11. The van der Waals surface area contributed by atoms with Gasteiger partial charge in [-0.15, -0.1) is 0 Å². The van der Waals surface area contributed by atoms with E-state index in [1.165, 1.54) is 11.8 Å².